The molecule has 34 nitrogen and oxygen atoms in total. The number of fused-ring (bicyclic) bond motifs is 1. The van der Waals surface area contributed by atoms with Gasteiger partial charge in [-0.15, -0.1) is 0 Å². The Morgan fingerprint density at radius 2 is 1.03 bits per heavy atom. The number of benzene rings is 5. The number of hydrogen-bond acceptors (Lipinski definition) is 18. The third-order valence-electron chi connectivity index (χ3n) is 19.2. The zero-order valence-electron chi connectivity index (χ0n) is 65.2. The molecule has 2 saturated heterocycles. The van der Waals surface area contributed by atoms with Crippen LogP contribution in [0, 0.1) is 5.92 Å². The number of primary amides is 2. The second kappa shape index (κ2) is 43.2. The molecule has 0 radical (unpaired) electrons. The minimum absolute atomic E-state index is 0.00394. The molecule has 618 valence electrons. The molecule has 0 saturated carbocycles. The smallest absolute Gasteiger partial charge is 0.322 e. The average Bonchev–Trinajstić information content (AvgIpc) is 1.47. The number of carbonyl (C=O) groups excluding carboxylic acids is 15. The summed E-state index contributed by atoms with van der Waals surface area (Å²) >= 11 is 6.27. The van der Waals surface area contributed by atoms with Gasteiger partial charge in [0, 0.05) is 80.4 Å². The van der Waals surface area contributed by atoms with E-state index < -0.39 is 168 Å². The van der Waals surface area contributed by atoms with Crippen molar-refractivity contribution in [1.29, 1.82) is 0 Å². The molecule has 0 spiro atoms. The van der Waals surface area contributed by atoms with Crippen LogP contribution in [0.25, 0.3) is 10.8 Å². The van der Waals surface area contributed by atoms with Crippen LogP contribution in [0.3, 0.4) is 0 Å². The highest BCUT2D eigenvalue weighted by Gasteiger charge is 2.41. The molecule has 11 atom stereocenters. The van der Waals surface area contributed by atoms with Crippen molar-refractivity contribution in [3.05, 3.63) is 173 Å². The zero-order chi connectivity index (χ0) is 84.3. The third-order valence-corrected chi connectivity index (χ3v) is 19.5. The number of nitrogens with one attached hydrogen (secondary N) is 14. The Morgan fingerprint density at radius 3 is 1.53 bits per heavy atom. The average molecular weight is 1620 g/mol. The highest BCUT2D eigenvalue weighted by molar-refractivity contribution is 6.30. The monoisotopic (exact) mass is 1620 g/mol. The maximum atomic E-state index is 15.4. The molecule has 17 amide bonds. The topological polar surface area (TPSA) is 513 Å². The maximum Gasteiger partial charge on any atom is 0.322 e. The Kier molecular flexibility index (Phi) is 33.2. The van der Waals surface area contributed by atoms with Gasteiger partial charge in [0.25, 0.3) is 0 Å². The SMILES string of the molecule is CC(=O)N[C@H](Cc1ccc2ccccc2c1)C(=O)N[C@H](Cc1ccc(Cl)cc1)C(=O)N[C@@H](Cc1cccnc1)C(=O)N[C@@H](CO)C(=O)N[C@@H](Cc1ccc(NC(=O)[C@@H]2CC(=O)NC(=O)N2)cc1)C(=O)N[C@@H](Cc1ccc(NC(N)=O)cc1)C(=O)N[C@@H](CC(C)C)C(=O)N[C@@H](CCCNC(C)C)C(=O)N1CCC[C@H]1C(=O)N[C@H](C)C(N)=O. The van der Waals surface area contributed by atoms with Crippen LogP contribution in [0.2, 0.25) is 5.02 Å². The van der Waals surface area contributed by atoms with Gasteiger partial charge in [-0.25, -0.2) is 9.59 Å². The highest BCUT2D eigenvalue weighted by Crippen LogP contribution is 2.23. The largest absolute Gasteiger partial charge is 0.394 e. The predicted octanol–water partition coefficient (Wildman–Crippen LogP) is 1.12. The number of carbonyl (C=O) groups is 15. The Bertz CT molecular complexity index is 4500. The van der Waals surface area contributed by atoms with Crippen molar-refractivity contribution >= 4 is 123 Å². The van der Waals surface area contributed by atoms with Crippen molar-refractivity contribution in [3.8, 4) is 0 Å². The number of urea groups is 2. The van der Waals surface area contributed by atoms with E-state index in [1.54, 1.807) is 50.2 Å². The number of halogens is 1. The summed E-state index contributed by atoms with van der Waals surface area (Å²) in [5.41, 5.74) is 13.5. The number of amides is 17. The standard InChI is InChI=1S/C81H101ClN18O16/c1-44(2)34-59(71(106)91-58(15-10-32-86-45(3)4)79(114)100-33-11-16-67(100)78(113)87-46(5)69(83)104)92-73(108)62(37-50-22-29-57(30-23-50)90-80(84)115)94-75(110)63(38-49-20-27-56(28-21-49)89-70(105)65-41-68(103)99-81(116)98-65)96-77(112)66(43-101)97-76(111)64(40-52-12-9-31-85-42-52)95-74(109)61(36-48-18-25-55(82)26-19-48)93-72(107)60(88-47(6)102)39-51-17-24-53-13-7-8-14-54(53)35-51/h7-9,12-14,17-31,35,42,44-46,58-67,86,101H,10-11,15-16,32-34,36-41,43H2,1-6H3,(H2,83,104)(H,87,113)(H,88,102)(H,89,105)(H,91,106)(H,92,108)(H,93,107)(H,94,110)(H,95,109)(H,96,112)(H,97,111)(H3,84,90,115)(H2,98,99,103,116)/t46-,58+,59+,60-,61-,62+,63+,64+,65+,66+,67+/m1/s1. The molecular formula is C81H101ClN18O16. The summed E-state index contributed by atoms with van der Waals surface area (Å²) < 4.78 is 0. The fourth-order valence-corrected chi connectivity index (χ4v) is 13.3. The normalized spacial score (nSPS) is 16.2. The molecule has 116 heavy (non-hydrogen) atoms. The summed E-state index contributed by atoms with van der Waals surface area (Å²) in [5, 5.41) is 50.3. The first-order chi connectivity index (χ1) is 55.3. The molecule has 2 fully saturated rings. The second-order valence-corrected chi connectivity index (χ2v) is 29.8. The van der Waals surface area contributed by atoms with Crippen molar-refractivity contribution in [2.45, 2.75) is 185 Å². The number of imide groups is 1. The van der Waals surface area contributed by atoms with Crippen LogP contribution >= 0.6 is 11.6 Å². The number of rotatable bonds is 40. The Hall–Kier alpha value is -12.4. The summed E-state index contributed by atoms with van der Waals surface area (Å²) in [7, 11) is 0. The van der Waals surface area contributed by atoms with Crippen molar-refractivity contribution < 1.29 is 77.0 Å². The van der Waals surface area contributed by atoms with Gasteiger partial charge < -0.3 is 90.6 Å². The molecule has 5 aromatic carbocycles. The van der Waals surface area contributed by atoms with Gasteiger partial charge in [-0.3, -0.25) is 72.6 Å². The number of aliphatic hydroxyl groups is 1. The molecule has 0 bridgehead atoms. The third kappa shape index (κ3) is 27.7. The lowest BCUT2D eigenvalue weighted by Gasteiger charge is -2.31. The molecule has 2 aliphatic heterocycles. The van der Waals surface area contributed by atoms with Crippen molar-refractivity contribution in [3.63, 3.8) is 0 Å². The number of nitrogens with two attached hydrogens (primary N) is 2. The number of hydrogen-bond donors (Lipinski definition) is 17. The van der Waals surface area contributed by atoms with E-state index in [0.29, 0.717) is 46.7 Å². The van der Waals surface area contributed by atoms with E-state index in [9.17, 15) is 67.4 Å². The molecular weight excluding hydrogens is 1520 g/mol. The summed E-state index contributed by atoms with van der Waals surface area (Å²) in [6.07, 6.45) is 2.35. The molecule has 2 aliphatic rings. The molecule has 8 rings (SSSR count). The van der Waals surface area contributed by atoms with E-state index in [0.717, 1.165) is 10.8 Å². The van der Waals surface area contributed by atoms with E-state index in [1.165, 1.54) is 79.7 Å². The summed E-state index contributed by atoms with van der Waals surface area (Å²) in [6.45, 7) is 9.50. The van der Waals surface area contributed by atoms with Gasteiger partial charge in [0.1, 0.15) is 66.5 Å². The Balaban J connectivity index is 1.10. The molecule has 35 heteroatoms. The molecule has 0 unspecified atom stereocenters. The van der Waals surface area contributed by atoms with Crippen LogP contribution in [0.15, 0.2) is 140 Å². The van der Waals surface area contributed by atoms with Crippen molar-refractivity contribution in [1.82, 2.24) is 73.7 Å². The number of aromatic nitrogens is 1. The van der Waals surface area contributed by atoms with Gasteiger partial charge in [0.05, 0.1) is 13.0 Å². The van der Waals surface area contributed by atoms with E-state index >= 15 is 9.59 Å². The fourth-order valence-electron chi connectivity index (χ4n) is 13.2. The molecule has 19 N–H and O–H groups in total. The quantitative estimate of drug-likeness (QED) is 0.0240. The van der Waals surface area contributed by atoms with Gasteiger partial charge in [-0.1, -0.05) is 124 Å². The molecule has 0 aliphatic carbocycles. The van der Waals surface area contributed by atoms with E-state index in [4.69, 9.17) is 23.1 Å². The first kappa shape index (κ1) is 89.1. The zero-order valence-corrected chi connectivity index (χ0v) is 65.9. The van der Waals surface area contributed by atoms with Gasteiger partial charge in [0.2, 0.25) is 76.8 Å². The van der Waals surface area contributed by atoms with Gasteiger partial charge in [-0.05, 0) is 133 Å². The first-order valence-corrected chi connectivity index (χ1v) is 38.6. The van der Waals surface area contributed by atoms with E-state index in [1.807, 2.05) is 61.6 Å². The highest BCUT2D eigenvalue weighted by atomic mass is 35.5. The summed E-state index contributed by atoms with van der Waals surface area (Å²) in [4.78, 5) is 213. The van der Waals surface area contributed by atoms with Crippen LogP contribution in [0.5, 0.6) is 0 Å². The minimum atomic E-state index is -1.92. The van der Waals surface area contributed by atoms with Crippen LogP contribution in [0.1, 0.15) is 108 Å². The van der Waals surface area contributed by atoms with Gasteiger partial charge in [0.15, 0.2) is 0 Å². The van der Waals surface area contributed by atoms with Crippen LogP contribution < -0.4 is 85.9 Å². The van der Waals surface area contributed by atoms with Crippen LogP contribution in [-0.4, -0.2) is 196 Å². The first-order valence-electron chi connectivity index (χ1n) is 38.2. The Labute approximate surface area is 675 Å². The number of aliphatic hydroxyl groups excluding tert-OH is 1. The lowest BCUT2D eigenvalue weighted by atomic mass is 9.99. The molecule has 3 heterocycles. The minimum Gasteiger partial charge on any atom is -0.394 e. The van der Waals surface area contributed by atoms with Crippen LogP contribution in [-0.2, 0) is 94.4 Å². The number of anilines is 2. The van der Waals surface area contributed by atoms with Crippen molar-refractivity contribution in [2.24, 2.45) is 17.4 Å². The van der Waals surface area contributed by atoms with E-state index in [2.05, 4.69) is 74.1 Å². The number of nitrogens with zero attached hydrogens (tertiary/aromatic N) is 2. The number of pyridine rings is 1. The van der Waals surface area contributed by atoms with E-state index in [-0.39, 0.29) is 86.8 Å². The maximum absolute atomic E-state index is 15.4. The number of likely N-dealkylation sites (tertiary alicyclic amines) is 1. The second-order valence-electron chi connectivity index (χ2n) is 29.4. The molecule has 6 aromatic rings. The molecule has 1 aromatic heterocycles. The summed E-state index contributed by atoms with van der Waals surface area (Å²) in [5.74, 6) is -11.0. The van der Waals surface area contributed by atoms with Gasteiger partial charge in [-0.2, -0.15) is 0 Å². The van der Waals surface area contributed by atoms with Gasteiger partial charge >= 0.3 is 12.1 Å². The lowest BCUT2D eigenvalue weighted by molar-refractivity contribution is -0.142. The van der Waals surface area contributed by atoms with Crippen LogP contribution in [0.4, 0.5) is 21.0 Å². The summed E-state index contributed by atoms with van der Waals surface area (Å²) in [6, 6.07) is 17.2. The fraction of sp³-hybridized carbons (Fsp3) is 0.407. The lowest BCUT2D eigenvalue weighted by Crippen LogP contribution is -2.62. The van der Waals surface area contributed by atoms with Crippen molar-refractivity contribution in [2.75, 3.05) is 30.3 Å². The predicted molar refractivity (Wildman–Crippen MR) is 430 cm³/mol. The Morgan fingerprint density at radius 1 is 0.543 bits per heavy atom.